The van der Waals surface area contributed by atoms with Crippen molar-refractivity contribution in [1.82, 2.24) is 14.5 Å². The first-order valence-electron chi connectivity index (χ1n) is 6.07. The Hall–Kier alpha value is -3.00. The van der Waals surface area contributed by atoms with Crippen LogP contribution in [-0.4, -0.2) is 14.5 Å². The number of aromatic nitrogens is 3. The normalized spacial score (nSPS) is 10.2. The van der Waals surface area contributed by atoms with Gasteiger partial charge in [0.1, 0.15) is 0 Å². The molecule has 0 aliphatic heterocycles. The molecule has 0 bridgehead atoms. The number of nitrogen functional groups attached to an aromatic ring is 1. The molecule has 3 N–H and O–H groups in total. The Morgan fingerprint density at radius 1 is 1.25 bits per heavy atom. The van der Waals surface area contributed by atoms with E-state index in [0.717, 1.165) is 5.56 Å². The molecule has 0 saturated heterocycles. The number of nitrogens with two attached hydrogens (primary N) is 1. The minimum absolute atomic E-state index is 0.103. The maximum absolute atomic E-state index is 12.0. The number of hydrogen-bond donors (Lipinski definition) is 2. The molecule has 3 rings (SSSR count). The number of aromatic amines is 1. The van der Waals surface area contributed by atoms with E-state index in [-0.39, 0.29) is 11.5 Å². The van der Waals surface area contributed by atoms with Crippen LogP contribution in [0.25, 0.3) is 11.0 Å². The molecule has 0 saturated carbocycles. The monoisotopic (exact) mass is 264 g/mol. The van der Waals surface area contributed by atoms with E-state index >= 15 is 0 Å². The van der Waals surface area contributed by atoms with E-state index in [1.807, 2.05) is 37.4 Å². The first-order chi connectivity index (χ1) is 9.65. The van der Waals surface area contributed by atoms with Gasteiger partial charge in [0, 0.05) is 18.8 Å². The van der Waals surface area contributed by atoms with Crippen molar-refractivity contribution in [3.05, 3.63) is 58.0 Å². The van der Waals surface area contributed by atoms with Gasteiger partial charge in [0.2, 0.25) is 5.95 Å². The van der Waals surface area contributed by atoms with Crippen LogP contribution >= 0.6 is 0 Å². The number of aryl methyl sites for hydroxylation is 1. The summed E-state index contributed by atoms with van der Waals surface area (Å²) in [5.41, 5.74) is 7.34. The van der Waals surface area contributed by atoms with Crippen molar-refractivity contribution in [2.45, 2.75) is 0 Å². The van der Waals surface area contributed by atoms with E-state index in [1.54, 1.807) is 10.8 Å². The van der Waals surface area contributed by atoms with E-state index < -0.39 is 0 Å². The molecule has 0 amide bonds. The number of H-pyrrole nitrogens is 1. The summed E-state index contributed by atoms with van der Waals surface area (Å²) in [6, 6.07) is 9.60. The predicted molar refractivity (Wildman–Crippen MR) is 78.2 cm³/mol. The van der Waals surface area contributed by atoms with Crippen LogP contribution in [0.3, 0.4) is 0 Å². The second-order valence-corrected chi connectivity index (χ2v) is 4.42. The number of nitrogens with zero attached hydrogens (tertiary/aromatic N) is 2. The van der Waals surface area contributed by atoms with Gasteiger partial charge in [-0.15, -0.1) is 0 Å². The van der Waals surface area contributed by atoms with Crippen molar-refractivity contribution in [3.63, 3.8) is 0 Å². The Labute approximate surface area is 115 Å². The molecule has 0 radical (unpaired) electrons. The fourth-order valence-corrected chi connectivity index (χ4v) is 2.05. The van der Waals surface area contributed by atoms with Crippen LogP contribution in [0.2, 0.25) is 0 Å². The maximum atomic E-state index is 12.0. The highest BCUT2D eigenvalue weighted by Crippen LogP contribution is 2.14. The number of rotatable bonds is 0. The Morgan fingerprint density at radius 2 is 2.00 bits per heavy atom. The molecule has 0 fully saturated rings. The lowest BCUT2D eigenvalue weighted by molar-refractivity contribution is 0.943. The fraction of sp³-hybridized carbons (Fsp3) is 0.0667. The van der Waals surface area contributed by atoms with Crippen molar-refractivity contribution in [2.24, 2.45) is 7.05 Å². The summed E-state index contributed by atoms with van der Waals surface area (Å²) in [6.45, 7) is 0. The molecule has 0 unspecified atom stereocenters. The molecular formula is C15H12N4O. The molecule has 5 nitrogen and oxygen atoms in total. The van der Waals surface area contributed by atoms with Gasteiger partial charge in [0.25, 0.3) is 5.56 Å². The van der Waals surface area contributed by atoms with Gasteiger partial charge in [-0.05, 0) is 12.1 Å². The van der Waals surface area contributed by atoms with Crippen LogP contribution < -0.4 is 11.3 Å². The number of nitrogens with one attached hydrogen (secondary N) is 1. The summed E-state index contributed by atoms with van der Waals surface area (Å²) in [7, 11) is 1.81. The van der Waals surface area contributed by atoms with Crippen LogP contribution in [0.5, 0.6) is 0 Å². The van der Waals surface area contributed by atoms with Gasteiger partial charge in [0.05, 0.1) is 10.9 Å². The highest BCUT2D eigenvalue weighted by atomic mass is 16.1. The number of fused-ring (bicyclic) bond motifs is 1. The van der Waals surface area contributed by atoms with Crippen LogP contribution in [-0.2, 0) is 7.05 Å². The van der Waals surface area contributed by atoms with Crippen molar-refractivity contribution >= 4 is 17.0 Å². The van der Waals surface area contributed by atoms with Crippen LogP contribution in [0.1, 0.15) is 11.1 Å². The zero-order chi connectivity index (χ0) is 14.1. The predicted octanol–water partition coefficient (Wildman–Crippen LogP) is 1.24. The summed E-state index contributed by atoms with van der Waals surface area (Å²) in [5.74, 6) is 6.15. The van der Waals surface area contributed by atoms with E-state index in [9.17, 15) is 4.79 Å². The molecule has 0 aliphatic carbocycles. The number of hydrogen-bond acceptors (Lipinski definition) is 3. The molecule has 5 heteroatoms. The first kappa shape index (κ1) is 12.1. The van der Waals surface area contributed by atoms with Gasteiger partial charge < -0.3 is 10.3 Å². The molecule has 0 aliphatic rings. The minimum Gasteiger partial charge on any atom is -0.369 e. The van der Waals surface area contributed by atoms with E-state index in [2.05, 4.69) is 21.8 Å². The minimum atomic E-state index is -0.273. The highest BCUT2D eigenvalue weighted by Gasteiger charge is 2.10. The Bertz CT molecular complexity index is 894. The maximum Gasteiger partial charge on any atom is 0.263 e. The summed E-state index contributed by atoms with van der Waals surface area (Å²) in [4.78, 5) is 18.6. The van der Waals surface area contributed by atoms with Crippen LogP contribution in [0.15, 0.2) is 41.3 Å². The number of anilines is 1. The molecule has 1 aromatic carbocycles. The average molecular weight is 264 g/mol. The van der Waals surface area contributed by atoms with Crippen molar-refractivity contribution in [3.8, 4) is 11.8 Å². The van der Waals surface area contributed by atoms with Gasteiger partial charge in [-0.2, -0.15) is 4.98 Å². The van der Waals surface area contributed by atoms with Crippen LogP contribution in [0, 0.1) is 11.8 Å². The molecule has 20 heavy (non-hydrogen) atoms. The Kier molecular flexibility index (Phi) is 2.77. The van der Waals surface area contributed by atoms with Gasteiger partial charge in [0.15, 0.2) is 5.65 Å². The quantitative estimate of drug-likeness (QED) is 0.600. The zero-order valence-electron chi connectivity index (χ0n) is 10.8. The lowest BCUT2D eigenvalue weighted by Gasteiger charge is -1.95. The lowest BCUT2D eigenvalue weighted by atomic mass is 10.2. The smallest absolute Gasteiger partial charge is 0.263 e. The molecule has 2 heterocycles. The summed E-state index contributed by atoms with van der Waals surface area (Å²) in [5, 5.41) is 0.463. The molecule has 0 spiro atoms. The SMILES string of the molecule is Cn1cc(C#Cc2ccccc2)c2c(=O)[nH]c(N)nc21. The topological polar surface area (TPSA) is 76.7 Å². The third-order valence-electron chi connectivity index (χ3n) is 2.96. The van der Waals surface area contributed by atoms with Gasteiger partial charge in [-0.1, -0.05) is 30.0 Å². The van der Waals surface area contributed by atoms with E-state index in [1.165, 1.54) is 0 Å². The van der Waals surface area contributed by atoms with E-state index in [0.29, 0.717) is 16.6 Å². The third kappa shape index (κ3) is 2.04. The van der Waals surface area contributed by atoms with Gasteiger partial charge >= 0.3 is 0 Å². The molecule has 3 aromatic rings. The van der Waals surface area contributed by atoms with Gasteiger partial charge in [-0.25, -0.2) is 0 Å². The molecule has 98 valence electrons. The van der Waals surface area contributed by atoms with Crippen molar-refractivity contribution in [1.29, 1.82) is 0 Å². The molecular weight excluding hydrogens is 252 g/mol. The summed E-state index contributed by atoms with van der Waals surface area (Å²) < 4.78 is 1.75. The second-order valence-electron chi connectivity index (χ2n) is 4.42. The number of benzene rings is 1. The second kappa shape index (κ2) is 4.59. The van der Waals surface area contributed by atoms with E-state index in [4.69, 9.17) is 5.73 Å². The highest BCUT2D eigenvalue weighted by molar-refractivity contribution is 5.83. The summed E-state index contributed by atoms with van der Waals surface area (Å²) in [6.07, 6.45) is 1.78. The van der Waals surface area contributed by atoms with Crippen molar-refractivity contribution in [2.75, 3.05) is 5.73 Å². The average Bonchev–Trinajstić information content (AvgIpc) is 2.75. The zero-order valence-corrected chi connectivity index (χ0v) is 10.8. The third-order valence-corrected chi connectivity index (χ3v) is 2.96. The standard InChI is InChI=1S/C15H12N4O/c1-19-9-11(8-7-10-5-3-2-4-6-10)12-13(19)17-15(16)18-14(12)20/h2-6,9H,1H3,(H3,16,17,18,20). The Balaban J connectivity index is 2.19. The largest absolute Gasteiger partial charge is 0.369 e. The lowest BCUT2D eigenvalue weighted by Crippen LogP contribution is -2.11. The first-order valence-corrected chi connectivity index (χ1v) is 6.07. The summed E-state index contributed by atoms with van der Waals surface area (Å²) >= 11 is 0. The molecule has 2 aromatic heterocycles. The Morgan fingerprint density at radius 3 is 2.75 bits per heavy atom. The van der Waals surface area contributed by atoms with Crippen molar-refractivity contribution < 1.29 is 0 Å². The van der Waals surface area contributed by atoms with Crippen LogP contribution in [0.4, 0.5) is 5.95 Å². The molecule has 0 atom stereocenters. The van der Waals surface area contributed by atoms with Gasteiger partial charge in [-0.3, -0.25) is 9.78 Å². The fourth-order valence-electron chi connectivity index (χ4n) is 2.05.